The minimum atomic E-state index is -1.95. The predicted molar refractivity (Wildman–Crippen MR) is 182 cm³/mol. The van der Waals surface area contributed by atoms with E-state index in [4.69, 9.17) is 27.9 Å². The van der Waals surface area contributed by atoms with Gasteiger partial charge in [-0.2, -0.15) is 0 Å². The fraction of sp³-hybridized carbons (Fsp3) is 0.286. The van der Waals surface area contributed by atoms with Gasteiger partial charge in [0.15, 0.2) is 27.0 Å². The number of anilines is 1. The minimum absolute atomic E-state index is 0.0997. The van der Waals surface area contributed by atoms with Gasteiger partial charge in [-0.05, 0) is 83.3 Å². The predicted octanol–water partition coefficient (Wildman–Crippen LogP) is 5.43. The fourth-order valence-corrected chi connectivity index (χ4v) is 9.45. The molecule has 0 spiro atoms. The van der Waals surface area contributed by atoms with Gasteiger partial charge in [-0.3, -0.25) is 33.8 Å². The first kappa shape index (κ1) is 31.8. The van der Waals surface area contributed by atoms with Crippen LogP contribution in [0.3, 0.4) is 0 Å². The van der Waals surface area contributed by atoms with E-state index in [1.807, 2.05) is 34.7 Å². The zero-order valence-electron chi connectivity index (χ0n) is 25.1. The molecule has 12 heteroatoms. The highest BCUT2D eigenvalue weighted by Gasteiger charge is 2.76. The summed E-state index contributed by atoms with van der Waals surface area (Å²) in [6.07, 6.45) is 1.90. The zero-order valence-corrected chi connectivity index (χ0v) is 28.7. The quantitative estimate of drug-likeness (QED) is 0.121. The lowest BCUT2D eigenvalue weighted by Crippen LogP contribution is -2.60. The van der Waals surface area contributed by atoms with E-state index in [0.717, 1.165) is 9.80 Å². The number of hydrogen-bond acceptors (Lipinski definition) is 7. The molecular formula is C35H27Cl2IN2O7. The molecule has 47 heavy (non-hydrogen) atoms. The maximum absolute atomic E-state index is 14.3. The van der Waals surface area contributed by atoms with Crippen LogP contribution in [-0.2, 0) is 19.2 Å². The zero-order chi connectivity index (χ0) is 33.6. The summed E-state index contributed by atoms with van der Waals surface area (Å²) >= 11 is 16.4. The van der Waals surface area contributed by atoms with Crippen molar-refractivity contribution >= 4 is 80.9 Å². The molecule has 2 aliphatic heterocycles. The summed E-state index contributed by atoms with van der Waals surface area (Å²) in [6.45, 7) is 0. The van der Waals surface area contributed by atoms with Crippen molar-refractivity contribution in [1.82, 2.24) is 4.90 Å². The number of nitrogens with zero attached hydrogens (tertiary/aromatic N) is 2. The molecular weight excluding hydrogens is 758 g/mol. The Bertz CT molecular complexity index is 1930. The summed E-state index contributed by atoms with van der Waals surface area (Å²) in [5.74, 6) is -5.65. The van der Waals surface area contributed by atoms with Gasteiger partial charge in [0.1, 0.15) is 0 Å². The number of phenolic OH excluding ortho intramolecular Hbond substituents is 1. The van der Waals surface area contributed by atoms with Crippen molar-refractivity contribution in [1.29, 1.82) is 0 Å². The number of rotatable bonds is 5. The number of ether oxygens (including phenoxy) is 1. The Morgan fingerprint density at radius 1 is 0.936 bits per heavy atom. The van der Waals surface area contributed by atoms with Crippen LogP contribution in [-0.4, -0.2) is 63.3 Å². The second-order valence-electron chi connectivity index (χ2n) is 12.3. The number of carbonyl (C=O) groups excluding carboxylic acids is 5. The minimum Gasteiger partial charge on any atom is -0.504 e. The van der Waals surface area contributed by atoms with E-state index in [-0.39, 0.29) is 30.1 Å². The molecule has 9 nitrogen and oxygen atoms in total. The number of allylic oxidation sites excluding steroid dienone is 2. The molecule has 4 aliphatic rings. The van der Waals surface area contributed by atoms with Crippen molar-refractivity contribution in [2.24, 2.45) is 17.8 Å². The molecule has 2 aliphatic carbocycles. The van der Waals surface area contributed by atoms with Crippen molar-refractivity contribution in [2.75, 3.05) is 19.1 Å². The molecule has 1 N–H and O–H groups in total. The Hall–Kier alpha value is -3.74. The van der Waals surface area contributed by atoms with Gasteiger partial charge >= 0.3 is 0 Å². The molecule has 6 atom stereocenters. The third-order valence-electron chi connectivity index (χ3n) is 10.0. The van der Waals surface area contributed by atoms with Crippen molar-refractivity contribution in [3.8, 4) is 11.5 Å². The van der Waals surface area contributed by atoms with Gasteiger partial charge in [-0.1, -0.05) is 42.0 Å². The molecule has 240 valence electrons. The molecule has 4 amide bonds. The van der Waals surface area contributed by atoms with E-state index >= 15 is 0 Å². The van der Waals surface area contributed by atoms with Crippen LogP contribution in [0.2, 0.25) is 0 Å². The molecule has 3 aromatic rings. The summed E-state index contributed by atoms with van der Waals surface area (Å²) in [7, 11) is 2.72. The Morgan fingerprint density at radius 3 is 2.26 bits per heavy atom. The van der Waals surface area contributed by atoms with E-state index in [0.29, 0.717) is 31.5 Å². The molecule has 0 bridgehead atoms. The number of fused-ring (bicyclic) bond motifs is 4. The number of methoxy groups -OCH3 is 1. The average Bonchev–Trinajstić information content (AvgIpc) is 3.40. The maximum atomic E-state index is 14.3. The number of alkyl halides is 2. The van der Waals surface area contributed by atoms with Crippen LogP contribution < -0.4 is 9.64 Å². The van der Waals surface area contributed by atoms with E-state index in [1.165, 1.54) is 14.2 Å². The Morgan fingerprint density at radius 2 is 1.60 bits per heavy atom. The highest BCUT2D eigenvalue weighted by molar-refractivity contribution is 14.1. The molecule has 2 saturated heterocycles. The fourth-order valence-electron chi connectivity index (χ4n) is 7.81. The number of hydrogen-bond donors (Lipinski definition) is 1. The van der Waals surface area contributed by atoms with Gasteiger partial charge in [0.25, 0.3) is 11.8 Å². The highest BCUT2D eigenvalue weighted by atomic mass is 127. The van der Waals surface area contributed by atoms with Gasteiger partial charge < -0.3 is 9.84 Å². The smallest absolute Gasteiger partial charge is 0.253 e. The Labute approximate surface area is 293 Å². The monoisotopic (exact) mass is 784 g/mol. The van der Waals surface area contributed by atoms with Crippen LogP contribution in [0.5, 0.6) is 11.5 Å². The van der Waals surface area contributed by atoms with Crippen molar-refractivity contribution in [3.05, 3.63) is 98.6 Å². The average molecular weight is 785 g/mol. The molecule has 7 rings (SSSR count). The van der Waals surface area contributed by atoms with Crippen LogP contribution in [0.1, 0.15) is 40.2 Å². The molecule has 1 saturated carbocycles. The first-order chi connectivity index (χ1) is 22.3. The number of imide groups is 2. The summed E-state index contributed by atoms with van der Waals surface area (Å²) in [5.41, 5.74) is 2.35. The first-order valence-electron chi connectivity index (χ1n) is 14.9. The standard InChI is InChI=1S/C35H27Cl2IN2O7/c1-39-32(45)34(36)16-23-21(27(35(34,37)33(39)46)19-14-24(38)29(42)25(15-19)47-2)12-13-22-26(23)31(44)40(30(22)43)20-10-8-18(9-11-20)28(41)17-6-4-3-5-7-17/h3-12,14-15,22-23,26-27,42H,13,16H2,1-2H3. The second kappa shape index (κ2) is 11.2. The third kappa shape index (κ3) is 4.37. The van der Waals surface area contributed by atoms with E-state index in [2.05, 4.69) is 0 Å². The maximum Gasteiger partial charge on any atom is 0.253 e. The van der Waals surface area contributed by atoms with Crippen LogP contribution in [0.25, 0.3) is 0 Å². The summed E-state index contributed by atoms with van der Waals surface area (Å²) < 4.78 is 5.83. The largest absolute Gasteiger partial charge is 0.504 e. The highest BCUT2D eigenvalue weighted by Crippen LogP contribution is 2.65. The number of phenols is 1. The Kier molecular flexibility index (Phi) is 7.57. The van der Waals surface area contributed by atoms with Gasteiger partial charge in [0.05, 0.1) is 28.2 Å². The summed E-state index contributed by atoms with van der Waals surface area (Å²) in [6, 6.07) is 18.3. The second-order valence-corrected chi connectivity index (χ2v) is 14.7. The number of amides is 4. The molecule has 6 unspecified atom stereocenters. The van der Waals surface area contributed by atoms with Crippen LogP contribution in [0, 0.1) is 21.3 Å². The van der Waals surface area contributed by atoms with Crippen LogP contribution in [0.4, 0.5) is 5.69 Å². The number of ketones is 1. The van der Waals surface area contributed by atoms with Gasteiger partial charge in [-0.15, -0.1) is 23.2 Å². The van der Waals surface area contributed by atoms with Crippen molar-refractivity contribution in [3.63, 3.8) is 0 Å². The topological polar surface area (TPSA) is 121 Å². The molecule has 0 radical (unpaired) electrons. The third-order valence-corrected chi connectivity index (χ3v) is 12.3. The number of halogens is 3. The molecule has 3 fully saturated rings. The van der Waals surface area contributed by atoms with Gasteiger partial charge in [-0.25, -0.2) is 0 Å². The SMILES string of the molecule is COc1cc(C2C3=CCC4C(=O)N(c5ccc(C(=O)c6ccccc6)cc5)C(=O)C4C3CC3(Cl)C(=O)N(C)C(=O)C23Cl)cc(I)c1O. The number of carbonyl (C=O) groups is 5. The van der Waals surface area contributed by atoms with E-state index in [9.17, 15) is 29.1 Å². The number of likely N-dealkylation sites (tertiary alicyclic amines) is 1. The molecule has 3 aromatic carbocycles. The molecule has 2 heterocycles. The van der Waals surface area contributed by atoms with Gasteiger partial charge in [0, 0.05) is 24.1 Å². The van der Waals surface area contributed by atoms with E-state index in [1.54, 1.807) is 60.7 Å². The molecule has 0 aromatic heterocycles. The van der Waals surface area contributed by atoms with Gasteiger partial charge in [0.2, 0.25) is 11.8 Å². The van der Waals surface area contributed by atoms with Crippen molar-refractivity contribution in [2.45, 2.75) is 28.5 Å². The van der Waals surface area contributed by atoms with Crippen LogP contribution in [0.15, 0.2) is 78.4 Å². The van der Waals surface area contributed by atoms with Crippen molar-refractivity contribution < 1.29 is 33.8 Å². The number of benzene rings is 3. The first-order valence-corrected chi connectivity index (χ1v) is 16.7. The lowest BCUT2D eigenvalue weighted by atomic mass is 9.56. The van der Waals surface area contributed by atoms with E-state index < -0.39 is 57.0 Å². The summed E-state index contributed by atoms with van der Waals surface area (Å²) in [5, 5.41) is 10.6. The van der Waals surface area contributed by atoms with Crippen LogP contribution >= 0.6 is 45.8 Å². The Balaban J connectivity index is 1.30. The lowest BCUT2D eigenvalue weighted by Gasteiger charge is -2.50. The number of aromatic hydroxyl groups is 1. The normalized spacial score (nSPS) is 29.8. The lowest BCUT2D eigenvalue weighted by molar-refractivity contribution is -0.138. The summed E-state index contributed by atoms with van der Waals surface area (Å²) in [4.78, 5) is 66.9.